The van der Waals surface area contributed by atoms with Crippen molar-refractivity contribution in [2.24, 2.45) is 0 Å². The number of carbonyl (C=O) groups excluding carboxylic acids is 1. The van der Waals surface area contributed by atoms with E-state index in [1.165, 1.54) is 12.1 Å². The average molecular weight is 456 g/mol. The summed E-state index contributed by atoms with van der Waals surface area (Å²) >= 11 is 0. The van der Waals surface area contributed by atoms with Crippen LogP contribution >= 0.6 is 0 Å². The molecule has 1 aliphatic heterocycles. The molecule has 0 saturated carbocycles. The Balaban J connectivity index is 1.30. The van der Waals surface area contributed by atoms with Crippen LogP contribution in [0.1, 0.15) is 5.56 Å². The van der Waals surface area contributed by atoms with E-state index in [1.54, 1.807) is 18.4 Å². The molecule has 6 rings (SSSR count). The van der Waals surface area contributed by atoms with E-state index in [-0.39, 0.29) is 18.1 Å². The maximum atomic E-state index is 13.2. The van der Waals surface area contributed by atoms with Gasteiger partial charge >= 0.3 is 0 Å². The number of benzene rings is 2. The average Bonchev–Trinajstić information content (AvgIpc) is 3.55. The maximum absolute atomic E-state index is 13.2. The van der Waals surface area contributed by atoms with E-state index in [0.29, 0.717) is 43.4 Å². The number of hydrogen-bond donors (Lipinski definition) is 0. The minimum Gasteiger partial charge on any atom is -0.461 e. The van der Waals surface area contributed by atoms with E-state index in [9.17, 15) is 9.18 Å². The highest BCUT2D eigenvalue weighted by Crippen LogP contribution is 2.29. The molecule has 170 valence electrons. The van der Waals surface area contributed by atoms with Crippen LogP contribution in [0.15, 0.2) is 71.3 Å². The van der Waals surface area contributed by atoms with Crippen molar-refractivity contribution in [2.45, 2.75) is 6.42 Å². The molecule has 1 fully saturated rings. The lowest BCUT2D eigenvalue weighted by Crippen LogP contribution is -2.50. The van der Waals surface area contributed by atoms with Crippen LogP contribution < -0.4 is 4.90 Å². The molecule has 0 atom stereocenters. The molecule has 1 aliphatic rings. The van der Waals surface area contributed by atoms with Gasteiger partial charge in [-0.3, -0.25) is 4.79 Å². The van der Waals surface area contributed by atoms with Crippen LogP contribution in [-0.2, 0) is 11.2 Å². The second-order valence-corrected chi connectivity index (χ2v) is 8.26. The van der Waals surface area contributed by atoms with Gasteiger partial charge < -0.3 is 14.2 Å². The van der Waals surface area contributed by atoms with E-state index >= 15 is 0 Å². The second kappa shape index (κ2) is 8.26. The van der Waals surface area contributed by atoms with Gasteiger partial charge in [0.2, 0.25) is 17.7 Å². The van der Waals surface area contributed by atoms with Gasteiger partial charge in [0.25, 0.3) is 0 Å². The van der Waals surface area contributed by atoms with Crippen molar-refractivity contribution in [3.63, 3.8) is 0 Å². The standard InChI is InChI=1S/C25H21FN6O2/c26-18-9-7-17(8-10-18)16-22(33)30-11-13-31(14-12-30)25-27-20-5-2-1-4-19(20)23-28-29-24(32(23)25)21-6-3-15-34-21/h1-10,15H,11-14,16H2. The summed E-state index contributed by atoms with van der Waals surface area (Å²) < 4.78 is 20.7. The Hall–Kier alpha value is -4.27. The first kappa shape index (κ1) is 20.3. The summed E-state index contributed by atoms with van der Waals surface area (Å²) in [5, 5.41) is 9.76. The van der Waals surface area contributed by atoms with Crippen LogP contribution in [-0.4, -0.2) is 56.6 Å². The summed E-state index contributed by atoms with van der Waals surface area (Å²) in [7, 11) is 0. The van der Waals surface area contributed by atoms with Gasteiger partial charge in [-0.15, -0.1) is 10.2 Å². The molecule has 9 heteroatoms. The normalized spacial score (nSPS) is 14.3. The van der Waals surface area contributed by atoms with Crippen molar-refractivity contribution in [3.8, 4) is 11.6 Å². The van der Waals surface area contributed by atoms with Crippen LogP contribution in [0.25, 0.3) is 28.1 Å². The van der Waals surface area contributed by atoms with Crippen molar-refractivity contribution >= 4 is 28.4 Å². The van der Waals surface area contributed by atoms with Crippen molar-refractivity contribution in [1.82, 2.24) is 24.5 Å². The zero-order chi connectivity index (χ0) is 23.1. The molecule has 1 amide bonds. The Morgan fingerprint density at radius 2 is 1.74 bits per heavy atom. The van der Waals surface area contributed by atoms with Crippen LogP contribution in [0.2, 0.25) is 0 Å². The largest absolute Gasteiger partial charge is 0.461 e. The fourth-order valence-electron chi connectivity index (χ4n) is 4.39. The van der Waals surface area contributed by atoms with E-state index in [1.807, 2.05) is 45.7 Å². The molecule has 5 aromatic rings. The molecule has 0 N–H and O–H groups in total. The van der Waals surface area contributed by atoms with Gasteiger partial charge in [-0.05, 0) is 42.0 Å². The van der Waals surface area contributed by atoms with Crippen molar-refractivity contribution in [3.05, 3.63) is 78.3 Å². The van der Waals surface area contributed by atoms with Crippen LogP contribution in [0.4, 0.5) is 10.3 Å². The Bertz CT molecular complexity index is 1470. The number of para-hydroxylation sites is 1. The molecule has 1 saturated heterocycles. The van der Waals surface area contributed by atoms with Crippen LogP contribution in [0, 0.1) is 5.82 Å². The first-order valence-corrected chi connectivity index (χ1v) is 11.1. The van der Waals surface area contributed by atoms with Crippen molar-refractivity contribution < 1.29 is 13.6 Å². The number of fused-ring (bicyclic) bond motifs is 3. The molecule has 34 heavy (non-hydrogen) atoms. The number of carbonyl (C=O) groups is 1. The Morgan fingerprint density at radius 1 is 0.941 bits per heavy atom. The van der Waals surface area contributed by atoms with Crippen molar-refractivity contribution in [1.29, 1.82) is 0 Å². The third kappa shape index (κ3) is 3.55. The third-order valence-electron chi connectivity index (χ3n) is 6.15. The summed E-state index contributed by atoms with van der Waals surface area (Å²) in [4.78, 5) is 21.8. The smallest absolute Gasteiger partial charge is 0.227 e. The summed E-state index contributed by atoms with van der Waals surface area (Å²) in [5.41, 5.74) is 2.35. The Morgan fingerprint density at radius 3 is 2.50 bits per heavy atom. The van der Waals surface area contributed by atoms with Gasteiger partial charge in [0, 0.05) is 31.6 Å². The van der Waals surface area contributed by atoms with Crippen LogP contribution in [0.5, 0.6) is 0 Å². The molecule has 3 aromatic heterocycles. The molecule has 8 nitrogen and oxygen atoms in total. The predicted molar refractivity (Wildman–Crippen MR) is 125 cm³/mol. The number of aromatic nitrogens is 4. The zero-order valence-electron chi connectivity index (χ0n) is 18.3. The maximum Gasteiger partial charge on any atom is 0.227 e. The van der Waals surface area contributed by atoms with Gasteiger partial charge in [-0.2, -0.15) is 0 Å². The quantitative estimate of drug-likeness (QED) is 0.411. The highest BCUT2D eigenvalue weighted by atomic mass is 19.1. The number of amides is 1. The number of anilines is 1. The SMILES string of the molecule is O=C(Cc1ccc(F)cc1)N1CCN(c2nc3ccccc3c3nnc(-c4ccco4)n23)CC1. The molecule has 2 aromatic carbocycles. The fraction of sp³-hybridized carbons (Fsp3) is 0.200. The highest BCUT2D eigenvalue weighted by molar-refractivity contribution is 5.93. The third-order valence-corrected chi connectivity index (χ3v) is 6.15. The number of piperazine rings is 1. The lowest BCUT2D eigenvalue weighted by molar-refractivity contribution is -0.130. The van der Waals surface area contributed by atoms with E-state index in [0.717, 1.165) is 22.4 Å². The van der Waals surface area contributed by atoms with Gasteiger partial charge in [0.15, 0.2) is 11.4 Å². The summed E-state index contributed by atoms with van der Waals surface area (Å²) in [6.07, 6.45) is 1.86. The summed E-state index contributed by atoms with van der Waals surface area (Å²) in [5.74, 6) is 1.64. The molecule has 0 radical (unpaired) electrons. The number of nitrogens with zero attached hydrogens (tertiary/aromatic N) is 6. The Kier molecular flexibility index (Phi) is 4.94. The molecular formula is C25H21FN6O2. The number of rotatable bonds is 4. The summed E-state index contributed by atoms with van der Waals surface area (Å²) in [6, 6.07) is 17.6. The minimum absolute atomic E-state index is 0.0310. The number of furan rings is 1. The highest BCUT2D eigenvalue weighted by Gasteiger charge is 2.26. The van der Waals surface area contributed by atoms with E-state index < -0.39 is 0 Å². The van der Waals surface area contributed by atoms with E-state index in [2.05, 4.69) is 15.1 Å². The van der Waals surface area contributed by atoms with Gasteiger partial charge in [-0.1, -0.05) is 24.3 Å². The predicted octanol–water partition coefficient (Wildman–Crippen LogP) is 3.57. The lowest BCUT2D eigenvalue weighted by atomic mass is 10.1. The first-order valence-electron chi connectivity index (χ1n) is 11.1. The molecule has 0 unspecified atom stereocenters. The van der Waals surface area contributed by atoms with Crippen molar-refractivity contribution in [2.75, 3.05) is 31.1 Å². The second-order valence-electron chi connectivity index (χ2n) is 8.26. The van der Waals surface area contributed by atoms with Crippen LogP contribution in [0.3, 0.4) is 0 Å². The first-order chi connectivity index (χ1) is 16.7. The molecule has 4 heterocycles. The number of hydrogen-bond acceptors (Lipinski definition) is 6. The van der Waals surface area contributed by atoms with Gasteiger partial charge in [0.1, 0.15) is 5.82 Å². The lowest BCUT2D eigenvalue weighted by Gasteiger charge is -2.35. The molecular weight excluding hydrogens is 435 g/mol. The molecule has 0 aliphatic carbocycles. The number of halogens is 1. The molecule has 0 bridgehead atoms. The topological polar surface area (TPSA) is 79.8 Å². The summed E-state index contributed by atoms with van der Waals surface area (Å²) in [6.45, 7) is 2.36. The Labute approximate surface area is 194 Å². The van der Waals surface area contributed by atoms with Gasteiger partial charge in [0.05, 0.1) is 18.2 Å². The minimum atomic E-state index is -0.304. The monoisotopic (exact) mass is 456 g/mol. The fourth-order valence-corrected chi connectivity index (χ4v) is 4.39. The van der Waals surface area contributed by atoms with E-state index in [4.69, 9.17) is 9.40 Å². The van der Waals surface area contributed by atoms with Gasteiger partial charge in [-0.25, -0.2) is 13.8 Å². The zero-order valence-corrected chi connectivity index (χ0v) is 18.3. The molecule has 0 spiro atoms.